The number of benzene rings is 2. The number of amides is 2. The van der Waals surface area contributed by atoms with Gasteiger partial charge in [-0.25, -0.2) is 4.79 Å². The largest absolute Gasteiger partial charge is 0.464 e. The molecule has 0 radical (unpaired) electrons. The molecule has 6 heteroatoms. The zero-order chi connectivity index (χ0) is 21.4. The Morgan fingerprint density at radius 3 is 2.48 bits per heavy atom. The summed E-state index contributed by atoms with van der Waals surface area (Å²) in [5.74, 6) is -0.389. The van der Waals surface area contributed by atoms with Gasteiger partial charge in [0, 0.05) is 6.92 Å². The highest BCUT2D eigenvalue weighted by molar-refractivity contribution is 7.78. The van der Waals surface area contributed by atoms with E-state index in [4.69, 9.17) is 4.74 Å². The fourth-order valence-electron chi connectivity index (χ4n) is 3.03. The normalized spacial score (nSPS) is 11.4. The van der Waals surface area contributed by atoms with Crippen LogP contribution in [-0.2, 0) is 9.53 Å². The molecule has 0 aliphatic carbocycles. The number of urea groups is 1. The number of esters is 1. The number of carbonyl (C=O) groups is 2. The van der Waals surface area contributed by atoms with Gasteiger partial charge in [-0.1, -0.05) is 67.9 Å². The third kappa shape index (κ3) is 6.68. The molecule has 0 spiro atoms. The average Bonchev–Trinajstić information content (AvgIpc) is 2.69. The van der Waals surface area contributed by atoms with Crippen LogP contribution in [0.15, 0.2) is 55.1 Å². The Balaban J connectivity index is 2.18. The lowest BCUT2D eigenvalue weighted by Gasteiger charge is -2.25. The SMILES string of the molecule is C=C(CC(NC(=O)N(S)CCOC(C)=O)c1cccc(C)c1C)c1ccccc1. The summed E-state index contributed by atoms with van der Waals surface area (Å²) in [7, 11) is 0. The summed E-state index contributed by atoms with van der Waals surface area (Å²) in [6.45, 7) is 9.93. The van der Waals surface area contributed by atoms with Gasteiger partial charge in [0.2, 0.25) is 0 Å². The van der Waals surface area contributed by atoms with E-state index in [1.807, 2.05) is 62.4 Å². The van der Waals surface area contributed by atoms with Crippen molar-refractivity contribution in [2.24, 2.45) is 0 Å². The maximum atomic E-state index is 12.7. The van der Waals surface area contributed by atoms with Gasteiger partial charge in [0.25, 0.3) is 0 Å². The predicted molar refractivity (Wildman–Crippen MR) is 120 cm³/mol. The van der Waals surface area contributed by atoms with Crippen LogP contribution in [0.1, 0.15) is 41.6 Å². The van der Waals surface area contributed by atoms with Crippen LogP contribution in [0.4, 0.5) is 4.79 Å². The third-order valence-electron chi connectivity index (χ3n) is 4.80. The van der Waals surface area contributed by atoms with Crippen LogP contribution in [-0.4, -0.2) is 29.5 Å². The highest BCUT2D eigenvalue weighted by atomic mass is 32.1. The van der Waals surface area contributed by atoms with Crippen LogP contribution in [0.2, 0.25) is 0 Å². The molecule has 0 saturated carbocycles. The van der Waals surface area contributed by atoms with Crippen molar-refractivity contribution < 1.29 is 14.3 Å². The van der Waals surface area contributed by atoms with Crippen molar-refractivity contribution in [2.75, 3.05) is 13.2 Å². The van der Waals surface area contributed by atoms with Crippen molar-refractivity contribution in [3.63, 3.8) is 0 Å². The summed E-state index contributed by atoms with van der Waals surface area (Å²) in [6, 6.07) is 15.4. The standard InChI is InChI=1S/C23H28N2O3S/c1-16-9-8-12-21(18(16)3)22(15-17(2)20-10-6-5-7-11-20)24-23(27)25(29)13-14-28-19(4)26/h5-12,22,29H,2,13-15H2,1,3-4H3,(H,24,27). The minimum atomic E-state index is -0.389. The van der Waals surface area contributed by atoms with E-state index in [1.165, 1.54) is 11.2 Å². The molecule has 0 fully saturated rings. The first-order valence-electron chi connectivity index (χ1n) is 9.49. The van der Waals surface area contributed by atoms with Crippen molar-refractivity contribution in [2.45, 2.75) is 33.2 Å². The Morgan fingerprint density at radius 2 is 1.83 bits per heavy atom. The highest BCUT2D eigenvalue weighted by Crippen LogP contribution is 2.29. The fourth-order valence-corrected chi connectivity index (χ4v) is 3.17. The average molecular weight is 413 g/mol. The number of ether oxygens (including phenoxy) is 1. The molecular weight excluding hydrogens is 384 g/mol. The Morgan fingerprint density at radius 1 is 1.14 bits per heavy atom. The summed E-state index contributed by atoms with van der Waals surface area (Å²) in [5, 5.41) is 3.05. The second kappa shape index (κ2) is 10.7. The van der Waals surface area contributed by atoms with Gasteiger partial charge in [-0.2, -0.15) is 0 Å². The molecule has 1 atom stereocenters. The van der Waals surface area contributed by atoms with Crippen LogP contribution in [0.3, 0.4) is 0 Å². The van der Waals surface area contributed by atoms with E-state index >= 15 is 0 Å². The molecular formula is C23H28N2O3S. The first-order chi connectivity index (χ1) is 13.8. The first kappa shape index (κ1) is 22.6. The summed E-state index contributed by atoms with van der Waals surface area (Å²) >= 11 is 4.23. The lowest BCUT2D eigenvalue weighted by Crippen LogP contribution is -2.38. The topological polar surface area (TPSA) is 58.6 Å². The maximum absolute atomic E-state index is 12.7. The van der Waals surface area contributed by atoms with Crippen LogP contribution in [0.5, 0.6) is 0 Å². The van der Waals surface area contributed by atoms with Crippen molar-refractivity contribution in [3.8, 4) is 0 Å². The molecule has 2 aromatic carbocycles. The summed E-state index contributed by atoms with van der Waals surface area (Å²) < 4.78 is 6.10. The minimum Gasteiger partial charge on any atom is -0.464 e. The maximum Gasteiger partial charge on any atom is 0.327 e. The first-order valence-corrected chi connectivity index (χ1v) is 9.89. The molecule has 0 aromatic heterocycles. The molecule has 2 amide bonds. The van der Waals surface area contributed by atoms with Gasteiger partial charge in [0.05, 0.1) is 12.6 Å². The van der Waals surface area contributed by atoms with Crippen molar-refractivity contribution in [1.29, 1.82) is 0 Å². The van der Waals surface area contributed by atoms with Crippen LogP contribution >= 0.6 is 12.8 Å². The molecule has 2 rings (SSSR count). The molecule has 1 N–H and O–H groups in total. The minimum absolute atomic E-state index is 0.0944. The van der Waals surface area contributed by atoms with Gasteiger partial charge in [0.15, 0.2) is 0 Å². The third-order valence-corrected chi connectivity index (χ3v) is 5.18. The van der Waals surface area contributed by atoms with Gasteiger partial charge in [-0.3, -0.25) is 9.10 Å². The Kier molecular flexibility index (Phi) is 8.34. The van der Waals surface area contributed by atoms with Gasteiger partial charge in [-0.15, -0.1) is 0 Å². The smallest absolute Gasteiger partial charge is 0.327 e. The van der Waals surface area contributed by atoms with Crippen molar-refractivity contribution >= 4 is 30.4 Å². The van der Waals surface area contributed by atoms with Crippen molar-refractivity contribution in [1.82, 2.24) is 9.62 Å². The van der Waals surface area contributed by atoms with Crippen LogP contribution in [0, 0.1) is 13.8 Å². The van der Waals surface area contributed by atoms with E-state index < -0.39 is 0 Å². The fraction of sp³-hybridized carbons (Fsp3) is 0.304. The summed E-state index contributed by atoms with van der Waals surface area (Å²) in [6.07, 6.45) is 0.561. The van der Waals surface area contributed by atoms with Gasteiger partial charge < -0.3 is 10.1 Å². The van der Waals surface area contributed by atoms with E-state index in [2.05, 4.69) is 24.7 Å². The molecule has 0 bridgehead atoms. The molecule has 0 heterocycles. The molecule has 154 valence electrons. The number of thiol groups is 1. The van der Waals surface area contributed by atoms with E-state index in [0.717, 1.165) is 27.8 Å². The lowest BCUT2D eigenvalue weighted by molar-refractivity contribution is -0.140. The molecule has 0 aliphatic heterocycles. The van der Waals surface area contributed by atoms with E-state index in [0.29, 0.717) is 6.42 Å². The zero-order valence-electron chi connectivity index (χ0n) is 17.1. The number of rotatable bonds is 8. The van der Waals surface area contributed by atoms with Gasteiger partial charge >= 0.3 is 12.0 Å². The summed E-state index contributed by atoms with van der Waals surface area (Å²) in [4.78, 5) is 23.6. The highest BCUT2D eigenvalue weighted by Gasteiger charge is 2.21. The molecule has 0 saturated heterocycles. The van der Waals surface area contributed by atoms with Gasteiger partial charge in [0.1, 0.15) is 6.61 Å². The second-order valence-corrected chi connectivity index (χ2v) is 7.41. The summed E-state index contributed by atoms with van der Waals surface area (Å²) in [5.41, 5.74) is 5.29. The Bertz CT molecular complexity index is 868. The quantitative estimate of drug-likeness (QED) is 0.480. The van der Waals surface area contributed by atoms with E-state index in [1.54, 1.807) is 0 Å². The Labute approximate surface area is 178 Å². The van der Waals surface area contributed by atoms with Crippen LogP contribution < -0.4 is 5.32 Å². The number of nitrogens with one attached hydrogen (secondary N) is 1. The van der Waals surface area contributed by atoms with E-state index in [9.17, 15) is 9.59 Å². The van der Waals surface area contributed by atoms with E-state index in [-0.39, 0.29) is 31.2 Å². The second-order valence-electron chi connectivity index (χ2n) is 6.93. The monoisotopic (exact) mass is 412 g/mol. The number of nitrogens with zero attached hydrogens (tertiary/aromatic N) is 1. The number of hydrogen-bond acceptors (Lipinski definition) is 4. The molecule has 0 aliphatic rings. The Hall–Kier alpha value is -2.73. The van der Waals surface area contributed by atoms with Crippen molar-refractivity contribution in [3.05, 3.63) is 77.4 Å². The molecule has 2 aromatic rings. The predicted octanol–water partition coefficient (Wildman–Crippen LogP) is 4.87. The number of carbonyl (C=O) groups excluding carboxylic acids is 2. The molecule has 5 nitrogen and oxygen atoms in total. The number of hydrogen-bond donors (Lipinski definition) is 2. The van der Waals surface area contributed by atoms with Crippen LogP contribution in [0.25, 0.3) is 5.57 Å². The zero-order valence-corrected chi connectivity index (χ0v) is 18.0. The molecule has 29 heavy (non-hydrogen) atoms. The number of aryl methyl sites for hydroxylation is 1. The lowest BCUT2D eigenvalue weighted by atomic mass is 9.91. The molecule has 1 unspecified atom stereocenters. The van der Waals surface area contributed by atoms with Gasteiger partial charge in [-0.05, 0) is 48.1 Å².